The van der Waals surface area contributed by atoms with Gasteiger partial charge in [0.25, 0.3) is 0 Å². The number of hydrogen-bond donors (Lipinski definition) is 3. The Hall–Kier alpha value is -2.17. The molecule has 0 saturated carbocycles. The lowest BCUT2D eigenvalue weighted by Gasteiger charge is -2.09. The van der Waals surface area contributed by atoms with Crippen molar-refractivity contribution in [1.82, 2.24) is 15.6 Å². The third-order valence-electron chi connectivity index (χ3n) is 4.61. The lowest BCUT2D eigenvalue weighted by molar-refractivity contribution is -0.123. The number of aromatic nitrogens is 1. The van der Waals surface area contributed by atoms with Crippen molar-refractivity contribution in [2.75, 3.05) is 30.8 Å². The monoisotopic (exact) mass is 420 g/mol. The molecule has 4 rings (SSSR count). The molecule has 148 valence electrons. The number of nitrogens with zero attached hydrogens (tertiary/aromatic N) is 1. The molecule has 8 nitrogen and oxygen atoms in total. The van der Waals surface area contributed by atoms with E-state index in [2.05, 4.69) is 20.9 Å². The Bertz CT molecular complexity index is 910. The standard InChI is InChI=1S/C18H20N4O4S2/c23-15-5-10(7-19-15)17(25)21-11-1-2-13-14(6-11)28-18(22-13)27-9-16(24)20-12-3-4-26-8-12/h1-2,6,10,12H,3-5,7-9H2,(H,19,23)(H,20,24)(H,21,25). The van der Waals surface area contributed by atoms with Crippen LogP contribution >= 0.6 is 23.1 Å². The molecule has 0 spiro atoms. The van der Waals surface area contributed by atoms with Crippen molar-refractivity contribution in [2.45, 2.75) is 23.2 Å². The van der Waals surface area contributed by atoms with Gasteiger partial charge in [0.2, 0.25) is 17.7 Å². The Balaban J connectivity index is 1.34. The van der Waals surface area contributed by atoms with Crippen molar-refractivity contribution in [3.8, 4) is 0 Å². The SMILES string of the molecule is O=C1CC(C(=O)Nc2ccc3nc(SCC(=O)NC4CCOC4)sc3c2)CN1. The molecule has 2 aliphatic heterocycles. The van der Waals surface area contributed by atoms with Gasteiger partial charge in [0.05, 0.1) is 34.5 Å². The zero-order chi connectivity index (χ0) is 19.5. The fourth-order valence-corrected chi connectivity index (χ4v) is 5.04. The minimum Gasteiger partial charge on any atom is -0.379 e. The summed E-state index contributed by atoms with van der Waals surface area (Å²) in [4.78, 5) is 40.1. The van der Waals surface area contributed by atoms with Gasteiger partial charge in [0.15, 0.2) is 4.34 Å². The second kappa shape index (κ2) is 8.46. The van der Waals surface area contributed by atoms with Crippen LogP contribution in [0.3, 0.4) is 0 Å². The molecule has 3 heterocycles. The summed E-state index contributed by atoms with van der Waals surface area (Å²) in [5.41, 5.74) is 1.50. The van der Waals surface area contributed by atoms with Gasteiger partial charge in [0.1, 0.15) is 0 Å². The molecule has 3 N–H and O–H groups in total. The average Bonchev–Trinajstić information content (AvgIpc) is 3.40. The van der Waals surface area contributed by atoms with Gasteiger partial charge in [-0.25, -0.2) is 4.98 Å². The minimum atomic E-state index is -0.334. The number of amides is 3. The van der Waals surface area contributed by atoms with E-state index >= 15 is 0 Å². The molecular weight excluding hydrogens is 400 g/mol. The Morgan fingerprint density at radius 3 is 3.04 bits per heavy atom. The molecule has 2 saturated heterocycles. The summed E-state index contributed by atoms with van der Waals surface area (Å²) >= 11 is 2.88. The molecule has 0 bridgehead atoms. The number of carbonyl (C=O) groups excluding carboxylic acids is 3. The predicted octanol–water partition coefficient (Wildman–Crippen LogP) is 1.37. The van der Waals surface area contributed by atoms with E-state index in [1.165, 1.54) is 23.1 Å². The van der Waals surface area contributed by atoms with Crippen LogP contribution in [0.15, 0.2) is 22.5 Å². The average molecular weight is 421 g/mol. The largest absolute Gasteiger partial charge is 0.379 e. The number of hydrogen-bond acceptors (Lipinski definition) is 7. The van der Waals surface area contributed by atoms with E-state index in [-0.39, 0.29) is 36.1 Å². The number of fused-ring (bicyclic) bond motifs is 1. The van der Waals surface area contributed by atoms with E-state index in [1.807, 2.05) is 12.1 Å². The van der Waals surface area contributed by atoms with Crippen LogP contribution in [0, 0.1) is 5.92 Å². The quantitative estimate of drug-likeness (QED) is 0.609. The van der Waals surface area contributed by atoms with Gasteiger partial charge < -0.3 is 20.7 Å². The lowest BCUT2D eigenvalue weighted by Crippen LogP contribution is -2.36. The molecule has 10 heteroatoms. The zero-order valence-electron chi connectivity index (χ0n) is 15.0. The molecule has 0 aliphatic carbocycles. The van der Waals surface area contributed by atoms with Crippen LogP contribution in [0.4, 0.5) is 5.69 Å². The zero-order valence-corrected chi connectivity index (χ0v) is 16.7. The number of thioether (sulfide) groups is 1. The minimum absolute atomic E-state index is 0.0209. The Morgan fingerprint density at radius 2 is 2.29 bits per heavy atom. The first kappa shape index (κ1) is 19.2. The third-order valence-corrected chi connectivity index (χ3v) is 6.77. The topological polar surface area (TPSA) is 109 Å². The van der Waals surface area contributed by atoms with Gasteiger partial charge >= 0.3 is 0 Å². The maximum Gasteiger partial charge on any atom is 0.230 e. The van der Waals surface area contributed by atoms with Gasteiger partial charge in [-0.1, -0.05) is 11.8 Å². The first-order valence-electron chi connectivity index (χ1n) is 9.05. The van der Waals surface area contributed by atoms with E-state index in [0.29, 0.717) is 31.2 Å². The number of nitrogens with one attached hydrogen (secondary N) is 3. The molecule has 2 atom stereocenters. The molecule has 1 aromatic heterocycles. The van der Waals surface area contributed by atoms with Crippen LogP contribution in [0.1, 0.15) is 12.8 Å². The van der Waals surface area contributed by atoms with Gasteiger partial charge in [-0.15, -0.1) is 11.3 Å². The van der Waals surface area contributed by atoms with E-state index in [4.69, 9.17) is 4.74 Å². The van der Waals surface area contributed by atoms with Crippen molar-refractivity contribution >= 4 is 56.7 Å². The van der Waals surface area contributed by atoms with Gasteiger partial charge in [0, 0.05) is 25.3 Å². The van der Waals surface area contributed by atoms with Crippen LogP contribution in [0.2, 0.25) is 0 Å². The van der Waals surface area contributed by atoms with Crippen molar-refractivity contribution in [3.63, 3.8) is 0 Å². The van der Waals surface area contributed by atoms with Crippen LogP contribution in [0.25, 0.3) is 10.2 Å². The summed E-state index contributed by atoms with van der Waals surface area (Å²) in [6.45, 7) is 1.66. The van der Waals surface area contributed by atoms with Gasteiger partial charge in [-0.3, -0.25) is 14.4 Å². The Morgan fingerprint density at radius 1 is 1.39 bits per heavy atom. The molecule has 28 heavy (non-hydrogen) atoms. The fraction of sp³-hybridized carbons (Fsp3) is 0.444. The number of carbonyl (C=O) groups is 3. The summed E-state index contributed by atoms with van der Waals surface area (Å²) in [5.74, 6) is -0.302. The number of ether oxygens (including phenoxy) is 1. The molecule has 2 aromatic rings. The van der Waals surface area contributed by atoms with Crippen molar-refractivity contribution < 1.29 is 19.1 Å². The second-order valence-electron chi connectivity index (χ2n) is 6.77. The molecule has 0 radical (unpaired) electrons. The number of anilines is 1. The molecule has 2 unspecified atom stereocenters. The molecule has 2 fully saturated rings. The van der Waals surface area contributed by atoms with Crippen molar-refractivity contribution in [2.24, 2.45) is 5.92 Å². The van der Waals surface area contributed by atoms with Crippen molar-refractivity contribution in [1.29, 1.82) is 0 Å². The molecular formula is C18H20N4O4S2. The second-order valence-corrected chi connectivity index (χ2v) is 9.03. The fourth-order valence-electron chi connectivity index (χ4n) is 3.12. The van der Waals surface area contributed by atoms with E-state index in [9.17, 15) is 14.4 Å². The highest BCUT2D eigenvalue weighted by Crippen LogP contribution is 2.31. The van der Waals surface area contributed by atoms with Crippen LogP contribution < -0.4 is 16.0 Å². The smallest absolute Gasteiger partial charge is 0.230 e. The molecule has 1 aromatic carbocycles. The molecule has 3 amide bonds. The summed E-state index contributed by atoms with van der Waals surface area (Å²) in [6.07, 6.45) is 1.08. The molecule has 2 aliphatic rings. The van der Waals surface area contributed by atoms with Crippen LogP contribution in [0.5, 0.6) is 0 Å². The lowest BCUT2D eigenvalue weighted by atomic mass is 10.1. The summed E-state index contributed by atoms with van der Waals surface area (Å²) < 4.78 is 7.00. The maximum absolute atomic E-state index is 12.2. The van der Waals surface area contributed by atoms with E-state index in [1.54, 1.807) is 6.07 Å². The normalized spacial score (nSPS) is 21.6. The van der Waals surface area contributed by atoms with Gasteiger partial charge in [-0.2, -0.15) is 0 Å². The number of benzene rings is 1. The highest BCUT2D eigenvalue weighted by atomic mass is 32.2. The summed E-state index contributed by atoms with van der Waals surface area (Å²) in [6, 6.07) is 5.62. The highest BCUT2D eigenvalue weighted by molar-refractivity contribution is 8.01. The highest BCUT2D eigenvalue weighted by Gasteiger charge is 2.28. The van der Waals surface area contributed by atoms with E-state index in [0.717, 1.165) is 21.0 Å². The summed E-state index contributed by atoms with van der Waals surface area (Å²) in [5, 5.41) is 8.49. The Labute approximate surface area is 169 Å². The van der Waals surface area contributed by atoms with Crippen molar-refractivity contribution in [3.05, 3.63) is 18.2 Å². The van der Waals surface area contributed by atoms with Gasteiger partial charge in [-0.05, 0) is 24.6 Å². The number of rotatable bonds is 6. The summed E-state index contributed by atoms with van der Waals surface area (Å²) in [7, 11) is 0. The van der Waals surface area contributed by atoms with Crippen LogP contribution in [-0.2, 0) is 19.1 Å². The van der Waals surface area contributed by atoms with Crippen LogP contribution in [-0.4, -0.2) is 54.3 Å². The Kier molecular flexibility index (Phi) is 5.79. The third kappa shape index (κ3) is 4.62. The number of thiazole rings is 1. The first-order chi connectivity index (χ1) is 13.6. The van der Waals surface area contributed by atoms with E-state index < -0.39 is 0 Å². The maximum atomic E-state index is 12.2. The predicted molar refractivity (Wildman–Crippen MR) is 107 cm³/mol. The first-order valence-corrected chi connectivity index (χ1v) is 10.8.